The second kappa shape index (κ2) is 4.23. The van der Waals surface area contributed by atoms with Gasteiger partial charge in [-0.2, -0.15) is 0 Å². The van der Waals surface area contributed by atoms with Crippen LogP contribution in [0.5, 0.6) is 0 Å². The number of pyridine rings is 1. The average Bonchev–Trinajstić information content (AvgIpc) is 2.72. The number of nitrogens with zero attached hydrogens (tertiary/aromatic N) is 2. The van der Waals surface area contributed by atoms with Crippen LogP contribution < -0.4 is 10.2 Å². The molecular formula is C12H18N4+2. The van der Waals surface area contributed by atoms with E-state index in [1.807, 2.05) is 12.1 Å². The number of nitrogens with two attached hydrogens (primary N) is 1. The molecule has 3 rings (SSSR count). The predicted molar refractivity (Wildman–Crippen MR) is 61.3 cm³/mol. The number of nitrogens with one attached hydrogen (secondary N) is 1. The number of hydrogen-bond acceptors (Lipinski definition) is 1. The molecule has 4 nitrogen and oxygen atoms in total. The summed E-state index contributed by atoms with van der Waals surface area (Å²) >= 11 is 0. The summed E-state index contributed by atoms with van der Waals surface area (Å²) in [6, 6.07) is 6.14. The van der Waals surface area contributed by atoms with E-state index in [1.165, 1.54) is 31.9 Å². The highest BCUT2D eigenvalue weighted by Crippen LogP contribution is 2.02. The number of aromatic nitrogens is 2. The molecule has 1 aliphatic heterocycles. The minimum absolute atomic E-state index is 1.06. The molecule has 0 spiro atoms. The summed E-state index contributed by atoms with van der Waals surface area (Å²) in [5.74, 6) is 0. The van der Waals surface area contributed by atoms with E-state index in [9.17, 15) is 0 Å². The summed E-state index contributed by atoms with van der Waals surface area (Å²) in [5, 5.41) is 2.40. The average molecular weight is 218 g/mol. The van der Waals surface area contributed by atoms with Gasteiger partial charge in [0.15, 0.2) is 0 Å². The van der Waals surface area contributed by atoms with Crippen LogP contribution in [-0.2, 0) is 6.54 Å². The van der Waals surface area contributed by atoms with Crippen molar-refractivity contribution in [2.45, 2.75) is 6.54 Å². The first kappa shape index (κ1) is 9.81. The SMILES string of the molecule is c1ccn2cc(C[NH+]3CC[NH2+]CC3)nc2c1. The highest BCUT2D eigenvalue weighted by atomic mass is 15.2. The van der Waals surface area contributed by atoms with Gasteiger partial charge in [-0.15, -0.1) is 0 Å². The monoisotopic (exact) mass is 218 g/mol. The highest BCUT2D eigenvalue weighted by Gasteiger charge is 2.16. The largest absolute Gasteiger partial charge is 0.337 e. The summed E-state index contributed by atoms with van der Waals surface area (Å²) in [7, 11) is 0. The quantitative estimate of drug-likeness (QED) is 0.619. The molecule has 0 aromatic carbocycles. The lowest BCUT2D eigenvalue weighted by atomic mass is 10.3. The molecule has 0 radical (unpaired) electrons. The first-order chi connectivity index (χ1) is 7.92. The highest BCUT2D eigenvalue weighted by molar-refractivity contribution is 5.39. The van der Waals surface area contributed by atoms with E-state index >= 15 is 0 Å². The molecule has 1 saturated heterocycles. The van der Waals surface area contributed by atoms with E-state index in [4.69, 9.17) is 0 Å². The van der Waals surface area contributed by atoms with Gasteiger partial charge in [0, 0.05) is 12.4 Å². The van der Waals surface area contributed by atoms with Crippen LogP contribution in [0.25, 0.3) is 5.65 Å². The van der Waals surface area contributed by atoms with Crippen LogP contribution in [0.15, 0.2) is 30.6 Å². The van der Waals surface area contributed by atoms with Gasteiger partial charge in [0.1, 0.15) is 44.1 Å². The van der Waals surface area contributed by atoms with E-state index in [0.717, 1.165) is 12.2 Å². The first-order valence-electron chi connectivity index (χ1n) is 6.00. The summed E-state index contributed by atoms with van der Waals surface area (Å²) in [6.07, 6.45) is 4.21. The molecule has 1 aliphatic rings. The Morgan fingerprint density at radius 1 is 1.31 bits per heavy atom. The second-order valence-electron chi connectivity index (χ2n) is 4.49. The first-order valence-corrected chi connectivity index (χ1v) is 6.00. The summed E-state index contributed by atoms with van der Waals surface area (Å²) < 4.78 is 2.10. The van der Waals surface area contributed by atoms with Crippen LogP contribution in [0.3, 0.4) is 0 Å². The normalized spacial score (nSPS) is 18.0. The van der Waals surface area contributed by atoms with Gasteiger partial charge >= 0.3 is 0 Å². The topological polar surface area (TPSA) is 38.4 Å². The summed E-state index contributed by atoms with van der Waals surface area (Å²) in [4.78, 5) is 6.30. The molecule has 4 heteroatoms. The molecule has 0 amide bonds. The molecule has 84 valence electrons. The number of imidazole rings is 1. The fourth-order valence-electron chi connectivity index (χ4n) is 2.39. The minimum Gasteiger partial charge on any atom is -0.337 e. The lowest BCUT2D eigenvalue weighted by Crippen LogP contribution is -3.19. The number of hydrogen-bond donors (Lipinski definition) is 2. The Hall–Kier alpha value is -1.39. The minimum atomic E-state index is 1.06. The van der Waals surface area contributed by atoms with E-state index in [1.54, 1.807) is 4.90 Å². The van der Waals surface area contributed by atoms with Crippen LogP contribution >= 0.6 is 0 Å². The van der Waals surface area contributed by atoms with Gasteiger partial charge in [-0.05, 0) is 12.1 Å². The molecule has 0 aliphatic carbocycles. The zero-order chi connectivity index (χ0) is 10.8. The van der Waals surface area contributed by atoms with Crippen molar-refractivity contribution in [1.29, 1.82) is 0 Å². The lowest BCUT2D eigenvalue weighted by Gasteiger charge is -2.20. The predicted octanol–water partition coefficient (Wildman–Crippen LogP) is -1.70. The lowest BCUT2D eigenvalue weighted by molar-refractivity contribution is -0.958. The van der Waals surface area contributed by atoms with Gasteiger partial charge in [-0.3, -0.25) is 0 Å². The zero-order valence-corrected chi connectivity index (χ0v) is 9.39. The zero-order valence-electron chi connectivity index (χ0n) is 9.39. The van der Waals surface area contributed by atoms with Crippen molar-refractivity contribution in [2.24, 2.45) is 0 Å². The molecule has 0 saturated carbocycles. The molecule has 0 bridgehead atoms. The van der Waals surface area contributed by atoms with Gasteiger partial charge in [-0.25, -0.2) is 4.98 Å². The Balaban J connectivity index is 1.78. The third kappa shape index (κ3) is 1.94. The third-order valence-corrected chi connectivity index (χ3v) is 3.25. The van der Waals surface area contributed by atoms with Crippen molar-refractivity contribution in [3.8, 4) is 0 Å². The standard InChI is InChI=1S/C12H16N4/c1-2-6-16-10-11(14-12(16)3-1)9-15-7-4-13-5-8-15/h1-3,6,10,13H,4-5,7-9H2/p+2. The van der Waals surface area contributed by atoms with Crippen molar-refractivity contribution < 1.29 is 10.2 Å². The van der Waals surface area contributed by atoms with E-state index in [-0.39, 0.29) is 0 Å². The van der Waals surface area contributed by atoms with E-state index in [0.29, 0.717) is 0 Å². The fraction of sp³-hybridized carbons (Fsp3) is 0.417. The van der Waals surface area contributed by atoms with Crippen LogP contribution in [-0.4, -0.2) is 35.6 Å². The smallest absolute Gasteiger partial charge is 0.137 e. The van der Waals surface area contributed by atoms with E-state index in [2.05, 4.69) is 33.2 Å². The van der Waals surface area contributed by atoms with Gasteiger partial charge in [0.05, 0.1) is 0 Å². The van der Waals surface area contributed by atoms with E-state index < -0.39 is 0 Å². The van der Waals surface area contributed by atoms with Gasteiger partial charge in [0.25, 0.3) is 0 Å². The van der Waals surface area contributed by atoms with Crippen molar-refractivity contribution >= 4 is 5.65 Å². The molecule has 2 aromatic rings. The van der Waals surface area contributed by atoms with Crippen LogP contribution in [0.2, 0.25) is 0 Å². The van der Waals surface area contributed by atoms with Crippen LogP contribution in [0.1, 0.15) is 5.69 Å². The van der Waals surface area contributed by atoms with Crippen LogP contribution in [0.4, 0.5) is 0 Å². The van der Waals surface area contributed by atoms with Gasteiger partial charge in [0.2, 0.25) is 0 Å². The Morgan fingerprint density at radius 2 is 2.19 bits per heavy atom. The van der Waals surface area contributed by atoms with Crippen molar-refractivity contribution in [3.05, 3.63) is 36.3 Å². The van der Waals surface area contributed by atoms with Gasteiger partial charge < -0.3 is 14.6 Å². The fourth-order valence-corrected chi connectivity index (χ4v) is 2.39. The number of fused-ring (bicyclic) bond motifs is 1. The molecule has 0 unspecified atom stereocenters. The second-order valence-corrected chi connectivity index (χ2v) is 4.49. The molecule has 0 atom stereocenters. The summed E-state index contributed by atoms with van der Waals surface area (Å²) in [6.45, 7) is 6.09. The Kier molecular flexibility index (Phi) is 2.60. The van der Waals surface area contributed by atoms with Crippen molar-refractivity contribution in [2.75, 3.05) is 26.2 Å². The maximum Gasteiger partial charge on any atom is 0.137 e. The molecular weight excluding hydrogens is 200 g/mol. The Morgan fingerprint density at radius 3 is 3.00 bits per heavy atom. The Bertz CT molecular complexity index is 438. The molecule has 1 fully saturated rings. The number of piperazine rings is 1. The maximum absolute atomic E-state index is 4.64. The third-order valence-electron chi connectivity index (χ3n) is 3.25. The Labute approximate surface area is 94.9 Å². The molecule has 16 heavy (non-hydrogen) atoms. The van der Waals surface area contributed by atoms with Crippen molar-refractivity contribution in [3.63, 3.8) is 0 Å². The molecule has 3 N–H and O–H groups in total. The van der Waals surface area contributed by atoms with Gasteiger partial charge in [-0.1, -0.05) is 6.07 Å². The summed E-state index contributed by atoms with van der Waals surface area (Å²) in [5.41, 5.74) is 2.27. The molecule has 2 aromatic heterocycles. The van der Waals surface area contributed by atoms with Crippen molar-refractivity contribution in [1.82, 2.24) is 9.38 Å². The molecule has 3 heterocycles. The number of rotatable bonds is 2. The number of quaternary nitrogens is 2. The van der Waals surface area contributed by atoms with Crippen LogP contribution in [0, 0.1) is 0 Å². The maximum atomic E-state index is 4.64.